The lowest BCUT2D eigenvalue weighted by atomic mass is 10.1. The monoisotopic (exact) mass is 426 g/mol. The second-order valence-corrected chi connectivity index (χ2v) is 6.66. The van der Waals surface area contributed by atoms with Gasteiger partial charge in [-0.15, -0.1) is 0 Å². The maximum absolute atomic E-state index is 12.9. The number of aromatic hydroxyl groups is 3. The number of fused-ring (bicyclic) bond motifs is 1. The van der Waals surface area contributed by atoms with Gasteiger partial charge in [-0.3, -0.25) is 9.35 Å². The Morgan fingerprint density at radius 1 is 0.966 bits per heavy atom. The topological polar surface area (TPSA) is 173 Å². The largest absolute Gasteiger partial charge is 0.504 e. The number of benzene rings is 2. The first-order valence-corrected chi connectivity index (χ1v) is 9.08. The molecule has 1 heterocycles. The molecule has 2 aromatic carbocycles. The Balaban J connectivity index is 2.41. The van der Waals surface area contributed by atoms with Crippen molar-refractivity contribution in [3.8, 4) is 45.8 Å². The minimum atomic E-state index is -4.99. The summed E-state index contributed by atoms with van der Waals surface area (Å²) >= 11 is 0. The predicted octanol–water partition coefficient (Wildman–Crippen LogP) is 1.78. The fraction of sp³-hybridized carbons (Fsp3) is 0.118. The second-order valence-electron chi connectivity index (χ2n) is 5.64. The molecular weight excluding hydrogens is 412 g/mol. The standard InChI is InChI=1S/C17H14O11S/c1-25-16-11(28-29(22,23)24)6-10-12(13(16)20)14(21)17(26-2)15(27-10)7-3-4-8(18)9(19)5-7/h3-6,18-20H,1-2H3,(H,22,23,24). The number of phenolic OH excluding ortho intramolecular Hbond substituents is 3. The highest BCUT2D eigenvalue weighted by atomic mass is 32.3. The van der Waals surface area contributed by atoms with Gasteiger partial charge in [-0.05, 0) is 18.2 Å². The highest BCUT2D eigenvalue weighted by Crippen LogP contribution is 2.44. The average molecular weight is 426 g/mol. The van der Waals surface area contributed by atoms with E-state index in [0.717, 1.165) is 25.3 Å². The number of rotatable bonds is 5. The number of ether oxygens (including phenoxy) is 2. The highest BCUT2D eigenvalue weighted by Gasteiger charge is 2.26. The lowest BCUT2D eigenvalue weighted by Gasteiger charge is -2.14. The van der Waals surface area contributed by atoms with Crippen molar-refractivity contribution in [1.29, 1.82) is 0 Å². The molecule has 0 spiro atoms. The van der Waals surface area contributed by atoms with Crippen LogP contribution in [-0.4, -0.2) is 42.5 Å². The van der Waals surface area contributed by atoms with Gasteiger partial charge < -0.3 is 33.4 Å². The molecule has 0 aliphatic heterocycles. The molecule has 0 unspecified atom stereocenters. The molecule has 1 aromatic heterocycles. The van der Waals surface area contributed by atoms with Gasteiger partial charge in [-0.1, -0.05) is 0 Å². The number of methoxy groups -OCH3 is 2. The molecule has 0 aliphatic rings. The van der Waals surface area contributed by atoms with Gasteiger partial charge in [0.25, 0.3) is 0 Å². The molecule has 3 rings (SSSR count). The summed E-state index contributed by atoms with van der Waals surface area (Å²) in [6, 6.07) is 4.47. The van der Waals surface area contributed by atoms with E-state index in [9.17, 15) is 28.5 Å². The van der Waals surface area contributed by atoms with E-state index in [4.69, 9.17) is 18.4 Å². The summed E-state index contributed by atoms with van der Waals surface area (Å²) in [5.74, 6) is -3.45. The molecule has 0 saturated carbocycles. The van der Waals surface area contributed by atoms with Crippen molar-refractivity contribution in [3.63, 3.8) is 0 Å². The molecule has 3 aromatic rings. The first kappa shape index (κ1) is 20.1. The molecule has 0 fully saturated rings. The summed E-state index contributed by atoms with van der Waals surface area (Å²) in [4.78, 5) is 12.9. The lowest BCUT2D eigenvalue weighted by Crippen LogP contribution is -2.10. The molecule has 12 heteroatoms. The van der Waals surface area contributed by atoms with Gasteiger partial charge in [0.05, 0.1) is 14.2 Å². The summed E-state index contributed by atoms with van der Waals surface area (Å²) < 4.78 is 51.0. The van der Waals surface area contributed by atoms with Gasteiger partial charge in [0, 0.05) is 11.6 Å². The third-order valence-electron chi connectivity index (χ3n) is 3.88. The summed E-state index contributed by atoms with van der Waals surface area (Å²) in [6.45, 7) is 0. The maximum atomic E-state index is 12.9. The van der Waals surface area contributed by atoms with Crippen molar-refractivity contribution in [2.24, 2.45) is 0 Å². The molecule has 0 amide bonds. The van der Waals surface area contributed by atoms with Gasteiger partial charge in [-0.2, -0.15) is 8.42 Å². The summed E-state index contributed by atoms with van der Waals surface area (Å²) in [7, 11) is -2.74. The fourth-order valence-corrected chi connectivity index (χ4v) is 3.04. The molecule has 0 bridgehead atoms. The predicted molar refractivity (Wildman–Crippen MR) is 98.2 cm³/mol. The zero-order chi connectivity index (χ0) is 21.5. The van der Waals surface area contributed by atoms with E-state index >= 15 is 0 Å². The van der Waals surface area contributed by atoms with Gasteiger partial charge in [0.1, 0.15) is 11.0 Å². The van der Waals surface area contributed by atoms with Crippen LogP contribution in [0.5, 0.6) is 34.5 Å². The minimum Gasteiger partial charge on any atom is -0.504 e. The van der Waals surface area contributed by atoms with Crippen LogP contribution in [0.1, 0.15) is 0 Å². The first-order valence-electron chi connectivity index (χ1n) is 7.71. The number of phenols is 3. The quantitative estimate of drug-likeness (QED) is 0.346. The Morgan fingerprint density at radius 2 is 1.62 bits per heavy atom. The van der Waals surface area contributed by atoms with Crippen LogP contribution in [0, 0.1) is 0 Å². The molecule has 154 valence electrons. The number of hydrogen-bond donors (Lipinski definition) is 4. The highest BCUT2D eigenvalue weighted by molar-refractivity contribution is 7.81. The summed E-state index contributed by atoms with van der Waals surface area (Å²) in [6.07, 6.45) is 0. The van der Waals surface area contributed by atoms with Crippen molar-refractivity contribution >= 4 is 21.4 Å². The normalized spacial score (nSPS) is 11.4. The molecule has 29 heavy (non-hydrogen) atoms. The maximum Gasteiger partial charge on any atom is 0.446 e. The Kier molecular flexibility index (Phi) is 4.90. The second kappa shape index (κ2) is 7.07. The Morgan fingerprint density at radius 3 is 2.17 bits per heavy atom. The first-order chi connectivity index (χ1) is 13.6. The van der Waals surface area contributed by atoms with Crippen LogP contribution in [0.25, 0.3) is 22.3 Å². The average Bonchev–Trinajstić information content (AvgIpc) is 2.62. The Labute approximate surface area is 162 Å². The Hall–Kier alpha value is -3.64. The van der Waals surface area contributed by atoms with E-state index in [2.05, 4.69) is 4.18 Å². The van der Waals surface area contributed by atoms with E-state index in [1.807, 2.05) is 0 Å². The van der Waals surface area contributed by atoms with Crippen LogP contribution in [0.3, 0.4) is 0 Å². The smallest absolute Gasteiger partial charge is 0.446 e. The van der Waals surface area contributed by atoms with Crippen LogP contribution in [-0.2, 0) is 10.4 Å². The van der Waals surface area contributed by atoms with Gasteiger partial charge >= 0.3 is 10.4 Å². The van der Waals surface area contributed by atoms with Crippen LogP contribution in [0.15, 0.2) is 33.5 Å². The third-order valence-corrected chi connectivity index (χ3v) is 4.27. The molecular formula is C17H14O11S. The van der Waals surface area contributed by atoms with Crippen molar-refractivity contribution in [2.75, 3.05) is 14.2 Å². The third kappa shape index (κ3) is 3.58. The van der Waals surface area contributed by atoms with E-state index in [-0.39, 0.29) is 22.7 Å². The molecule has 4 N–H and O–H groups in total. The van der Waals surface area contributed by atoms with Crippen LogP contribution in [0.4, 0.5) is 0 Å². The molecule has 11 nitrogen and oxygen atoms in total. The van der Waals surface area contributed by atoms with Crippen molar-refractivity contribution in [3.05, 3.63) is 34.5 Å². The van der Waals surface area contributed by atoms with E-state index < -0.39 is 50.0 Å². The summed E-state index contributed by atoms with van der Waals surface area (Å²) in [5, 5.41) is 29.2. The van der Waals surface area contributed by atoms with Crippen molar-refractivity contribution < 1.29 is 46.4 Å². The van der Waals surface area contributed by atoms with E-state index in [1.165, 1.54) is 13.2 Å². The van der Waals surface area contributed by atoms with Crippen LogP contribution < -0.4 is 19.1 Å². The zero-order valence-electron chi connectivity index (χ0n) is 14.9. The molecule has 0 atom stereocenters. The van der Waals surface area contributed by atoms with Crippen molar-refractivity contribution in [1.82, 2.24) is 0 Å². The molecule has 0 saturated heterocycles. The van der Waals surface area contributed by atoms with Crippen LogP contribution in [0.2, 0.25) is 0 Å². The molecule has 0 aliphatic carbocycles. The zero-order valence-corrected chi connectivity index (χ0v) is 15.7. The number of hydrogen-bond acceptors (Lipinski definition) is 10. The summed E-state index contributed by atoms with van der Waals surface area (Å²) in [5.41, 5.74) is -1.05. The van der Waals surface area contributed by atoms with E-state index in [0.29, 0.717) is 0 Å². The van der Waals surface area contributed by atoms with E-state index in [1.54, 1.807) is 0 Å². The van der Waals surface area contributed by atoms with Crippen molar-refractivity contribution in [2.45, 2.75) is 0 Å². The van der Waals surface area contributed by atoms with Gasteiger partial charge in [0.2, 0.25) is 16.9 Å². The lowest BCUT2D eigenvalue weighted by molar-refractivity contribution is 0.343. The molecule has 0 radical (unpaired) electrons. The Bertz CT molecular complexity index is 1280. The van der Waals surface area contributed by atoms with Gasteiger partial charge in [-0.25, -0.2) is 0 Å². The fourth-order valence-electron chi connectivity index (χ4n) is 2.69. The minimum absolute atomic E-state index is 0.128. The van der Waals surface area contributed by atoms with Gasteiger partial charge in [0.15, 0.2) is 28.8 Å². The SMILES string of the molecule is COc1c(OS(=O)(=O)O)cc2oc(-c3ccc(O)c(O)c3)c(OC)c(=O)c2c1O. The van der Waals surface area contributed by atoms with Crippen LogP contribution >= 0.6 is 0 Å².